The fraction of sp³-hybridized carbons (Fsp3) is 0.333. The predicted molar refractivity (Wildman–Crippen MR) is 69.0 cm³/mol. The Hall–Kier alpha value is -1.00. The van der Waals surface area contributed by atoms with Gasteiger partial charge in [-0.25, -0.2) is 0 Å². The number of hydrogen-bond donors (Lipinski definition) is 2. The van der Waals surface area contributed by atoms with Crippen molar-refractivity contribution >= 4 is 15.9 Å². The van der Waals surface area contributed by atoms with Gasteiger partial charge in [0.2, 0.25) is 0 Å². The molecule has 4 heteroatoms. The summed E-state index contributed by atoms with van der Waals surface area (Å²) in [4.78, 5) is 0. The summed E-state index contributed by atoms with van der Waals surface area (Å²) in [5.74, 6) is 0.733. The maximum atomic E-state index is 9.89. The third-order valence-corrected chi connectivity index (χ3v) is 2.30. The van der Waals surface area contributed by atoms with Crippen LogP contribution in [-0.2, 0) is 6.54 Å². The van der Waals surface area contributed by atoms with E-state index in [1.54, 1.807) is 6.07 Å². The molecule has 1 rings (SSSR count). The monoisotopic (exact) mass is 285 g/mol. The first-order valence-corrected chi connectivity index (χ1v) is 5.92. The maximum absolute atomic E-state index is 9.89. The highest BCUT2D eigenvalue weighted by atomic mass is 79.9. The Kier molecular flexibility index (Phi) is 5.35. The lowest BCUT2D eigenvalue weighted by Crippen LogP contribution is -2.14. The number of nitrogens with one attached hydrogen (secondary N) is 1. The fourth-order valence-electron chi connectivity index (χ4n) is 1.32. The molecule has 0 radical (unpaired) electrons. The van der Waals surface area contributed by atoms with Crippen LogP contribution in [0.3, 0.4) is 0 Å². The fourth-order valence-corrected chi connectivity index (χ4v) is 1.51. The van der Waals surface area contributed by atoms with Crippen molar-refractivity contribution in [1.29, 1.82) is 0 Å². The normalized spacial score (nSPS) is 10.1. The first kappa shape index (κ1) is 13.1. The van der Waals surface area contributed by atoms with Gasteiger partial charge in [0.1, 0.15) is 0 Å². The second-order valence-electron chi connectivity index (χ2n) is 3.32. The van der Waals surface area contributed by atoms with E-state index in [4.69, 9.17) is 4.74 Å². The number of ether oxygens (including phenoxy) is 1. The zero-order valence-electron chi connectivity index (χ0n) is 9.29. The van der Waals surface area contributed by atoms with E-state index in [0.29, 0.717) is 25.4 Å². The number of para-hydroxylation sites is 1. The van der Waals surface area contributed by atoms with Crippen LogP contribution in [0.1, 0.15) is 12.5 Å². The van der Waals surface area contributed by atoms with E-state index in [1.165, 1.54) is 0 Å². The van der Waals surface area contributed by atoms with Gasteiger partial charge in [-0.2, -0.15) is 0 Å². The van der Waals surface area contributed by atoms with Crippen molar-refractivity contribution < 1.29 is 9.84 Å². The minimum absolute atomic E-state index is 0.206. The largest absolute Gasteiger partial charge is 0.504 e. The third kappa shape index (κ3) is 3.87. The van der Waals surface area contributed by atoms with E-state index in [2.05, 4.69) is 27.8 Å². The van der Waals surface area contributed by atoms with Crippen LogP contribution in [0.2, 0.25) is 0 Å². The lowest BCUT2D eigenvalue weighted by atomic mass is 10.2. The molecule has 0 fully saturated rings. The molecular weight excluding hydrogens is 270 g/mol. The summed E-state index contributed by atoms with van der Waals surface area (Å²) < 4.78 is 6.18. The number of rotatable bonds is 6. The Morgan fingerprint density at radius 1 is 1.56 bits per heavy atom. The second kappa shape index (κ2) is 6.55. The molecule has 0 spiro atoms. The number of halogens is 1. The zero-order valence-corrected chi connectivity index (χ0v) is 10.9. The van der Waals surface area contributed by atoms with Gasteiger partial charge in [0.15, 0.2) is 11.5 Å². The number of aromatic hydroxyl groups is 1. The predicted octanol–water partition coefficient (Wildman–Crippen LogP) is 2.79. The standard InChI is InChI=1S/C12H16BrNO2/c1-3-16-11-6-4-5-10(12(11)15)8-14-7-9(2)13/h4-6,14-15H,2-3,7-8H2,1H3. The molecule has 0 saturated carbocycles. The van der Waals surface area contributed by atoms with Crippen LogP contribution >= 0.6 is 15.9 Å². The molecular formula is C12H16BrNO2. The lowest BCUT2D eigenvalue weighted by Gasteiger charge is -2.10. The van der Waals surface area contributed by atoms with Crippen LogP contribution < -0.4 is 10.1 Å². The molecule has 0 amide bonds. The van der Waals surface area contributed by atoms with E-state index in [9.17, 15) is 5.11 Å². The van der Waals surface area contributed by atoms with Crippen molar-refractivity contribution in [1.82, 2.24) is 5.32 Å². The first-order valence-electron chi connectivity index (χ1n) is 5.12. The molecule has 3 nitrogen and oxygen atoms in total. The minimum atomic E-state index is 0.206. The van der Waals surface area contributed by atoms with Crippen LogP contribution in [0, 0.1) is 0 Å². The van der Waals surface area contributed by atoms with Crippen molar-refractivity contribution in [3.05, 3.63) is 34.8 Å². The van der Waals surface area contributed by atoms with Crippen LogP contribution in [0.25, 0.3) is 0 Å². The topological polar surface area (TPSA) is 41.5 Å². The number of benzene rings is 1. The first-order chi connectivity index (χ1) is 7.65. The van der Waals surface area contributed by atoms with E-state index >= 15 is 0 Å². The molecule has 1 aromatic carbocycles. The van der Waals surface area contributed by atoms with Gasteiger partial charge in [-0.05, 0) is 13.0 Å². The van der Waals surface area contributed by atoms with Gasteiger partial charge >= 0.3 is 0 Å². The van der Waals surface area contributed by atoms with Crippen molar-refractivity contribution in [2.75, 3.05) is 13.2 Å². The Labute approximate surface area is 104 Å². The summed E-state index contributed by atoms with van der Waals surface area (Å²) in [7, 11) is 0. The molecule has 2 N–H and O–H groups in total. The zero-order chi connectivity index (χ0) is 12.0. The molecule has 0 atom stereocenters. The highest BCUT2D eigenvalue weighted by molar-refractivity contribution is 9.11. The van der Waals surface area contributed by atoms with Crippen molar-refractivity contribution in [2.24, 2.45) is 0 Å². The Balaban J connectivity index is 2.65. The van der Waals surface area contributed by atoms with Gasteiger partial charge in [0.05, 0.1) is 6.61 Å². The summed E-state index contributed by atoms with van der Waals surface area (Å²) in [5.41, 5.74) is 0.819. The molecule has 88 valence electrons. The average molecular weight is 286 g/mol. The molecule has 0 saturated heterocycles. The Bertz CT molecular complexity index is 366. The van der Waals surface area contributed by atoms with Crippen LogP contribution in [0.4, 0.5) is 0 Å². The molecule has 0 aliphatic heterocycles. The van der Waals surface area contributed by atoms with Crippen molar-refractivity contribution in [2.45, 2.75) is 13.5 Å². The van der Waals surface area contributed by atoms with Gasteiger partial charge in [0, 0.05) is 23.1 Å². The van der Waals surface area contributed by atoms with Crippen LogP contribution in [0.5, 0.6) is 11.5 Å². The number of phenolic OH excluding ortho intramolecular Hbond substituents is 1. The van der Waals surface area contributed by atoms with Crippen LogP contribution in [-0.4, -0.2) is 18.3 Å². The van der Waals surface area contributed by atoms with E-state index in [0.717, 1.165) is 10.0 Å². The Morgan fingerprint density at radius 3 is 2.94 bits per heavy atom. The molecule has 0 aliphatic rings. The molecule has 0 aliphatic carbocycles. The second-order valence-corrected chi connectivity index (χ2v) is 4.44. The van der Waals surface area contributed by atoms with Gasteiger partial charge in [-0.3, -0.25) is 0 Å². The summed E-state index contributed by atoms with van der Waals surface area (Å²) in [6.07, 6.45) is 0. The molecule has 0 heterocycles. The van der Waals surface area contributed by atoms with E-state index in [1.807, 2.05) is 19.1 Å². The van der Waals surface area contributed by atoms with E-state index < -0.39 is 0 Å². The quantitative estimate of drug-likeness (QED) is 0.845. The summed E-state index contributed by atoms with van der Waals surface area (Å²) >= 11 is 3.26. The van der Waals surface area contributed by atoms with Gasteiger partial charge in [-0.1, -0.05) is 34.6 Å². The SMILES string of the molecule is C=C(Br)CNCc1cccc(OCC)c1O. The molecule has 0 unspecified atom stereocenters. The minimum Gasteiger partial charge on any atom is -0.504 e. The molecule has 0 bridgehead atoms. The van der Waals surface area contributed by atoms with Crippen molar-refractivity contribution in [3.63, 3.8) is 0 Å². The van der Waals surface area contributed by atoms with Crippen molar-refractivity contribution in [3.8, 4) is 11.5 Å². The summed E-state index contributed by atoms with van der Waals surface area (Å²) in [5, 5.41) is 13.0. The molecule has 1 aromatic rings. The smallest absolute Gasteiger partial charge is 0.162 e. The van der Waals surface area contributed by atoms with Gasteiger partial charge in [-0.15, -0.1) is 0 Å². The highest BCUT2D eigenvalue weighted by Crippen LogP contribution is 2.29. The lowest BCUT2D eigenvalue weighted by molar-refractivity contribution is 0.316. The molecule has 0 aromatic heterocycles. The Morgan fingerprint density at radius 2 is 2.31 bits per heavy atom. The van der Waals surface area contributed by atoms with Crippen LogP contribution in [0.15, 0.2) is 29.3 Å². The third-order valence-electron chi connectivity index (χ3n) is 2.01. The summed E-state index contributed by atoms with van der Waals surface area (Å²) in [6.45, 7) is 7.40. The summed E-state index contributed by atoms with van der Waals surface area (Å²) in [6, 6.07) is 5.48. The van der Waals surface area contributed by atoms with Gasteiger partial charge < -0.3 is 15.2 Å². The number of hydrogen-bond acceptors (Lipinski definition) is 3. The molecule has 16 heavy (non-hydrogen) atoms. The maximum Gasteiger partial charge on any atom is 0.162 e. The average Bonchev–Trinajstić information content (AvgIpc) is 2.23. The number of phenols is 1. The van der Waals surface area contributed by atoms with Gasteiger partial charge in [0.25, 0.3) is 0 Å². The van der Waals surface area contributed by atoms with E-state index in [-0.39, 0.29) is 5.75 Å². The highest BCUT2D eigenvalue weighted by Gasteiger charge is 2.06.